The van der Waals surface area contributed by atoms with Crippen molar-refractivity contribution in [3.63, 3.8) is 0 Å². The SMILES string of the molecule is Cc1ncc(-c2cc3cc(NC(=O)C4CC(F)(F)C4)ncc3cn2)n1C. The van der Waals surface area contributed by atoms with E-state index in [1.165, 1.54) is 0 Å². The Kier molecular flexibility index (Phi) is 3.71. The summed E-state index contributed by atoms with van der Waals surface area (Å²) in [5.74, 6) is -2.58. The van der Waals surface area contributed by atoms with E-state index in [1.807, 2.05) is 24.6 Å². The van der Waals surface area contributed by atoms with Gasteiger partial charge in [-0.05, 0) is 24.4 Å². The molecular formula is C18H17F2N5O. The maximum atomic E-state index is 12.9. The third-order valence-electron chi connectivity index (χ3n) is 4.80. The van der Waals surface area contributed by atoms with Gasteiger partial charge in [0.25, 0.3) is 0 Å². The molecule has 1 N–H and O–H groups in total. The van der Waals surface area contributed by atoms with Crippen molar-refractivity contribution >= 4 is 22.5 Å². The third kappa shape index (κ3) is 2.91. The molecule has 1 aliphatic rings. The average molecular weight is 357 g/mol. The van der Waals surface area contributed by atoms with Crippen LogP contribution < -0.4 is 5.32 Å². The molecule has 1 saturated carbocycles. The van der Waals surface area contributed by atoms with Gasteiger partial charge in [-0.3, -0.25) is 9.78 Å². The first kappa shape index (κ1) is 16.6. The molecule has 6 nitrogen and oxygen atoms in total. The van der Waals surface area contributed by atoms with Crippen molar-refractivity contribution in [3.8, 4) is 11.4 Å². The van der Waals surface area contributed by atoms with Gasteiger partial charge in [0.15, 0.2) is 0 Å². The Hall–Kier alpha value is -2.90. The van der Waals surface area contributed by atoms with Crippen LogP contribution in [-0.2, 0) is 11.8 Å². The molecule has 0 unspecified atom stereocenters. The van der Waals surface area contributed by atoms with E-state index in [-0.39, 0.29) is 0 Å². The summed E-state index contributed by atoms with van der Waals surface area (Å²) in [4.78, 5) is 24.9. The van der Waals surface area contributed by atoms with Crippen molar-refractivity contribution in [2.24, 2.45) is 13.0 Å². The Morgan fingerprint density at radius 1 is 1.15 bits per heavy atom. The highest BCUT2D eigenvalue weighted by atomic mass is 19.3. The summed E-state index contributed by atoms with van der Waals surface area (Å²) < 4.78 is 27.8. The molecular weight excluding hydrogens is 340 g/mol. The number of amides is 1. The van der Waals surface area contributed by atoms with Gasteiger partial charge in [-0.2, -0.15) is 0 Å². The molecule has 0 atom stereocenters. The number of alkyl halides is 2. The second-order valence-electron chi connectivity index (χ2n) is 6.69. The fourth-order valence-corrected chi connectivity index (χ4v) is 3.06. The zero-order valence-corrected chi connectivity index (χ0v) is 14.3. The lowest BCUT2D eigenvalue weighted by atomic mass is 9.81. The van der Waals surface area contributed by atoms with Crippen LogP contribution >= 0.6 is 0 Å². The summed E-state index contributed by atoms with van der Waals surface area (Å²) in [5, 5.41) is 4.29. The highest BCUT2D eigenvalue weighted by molar-refractivity contribution is 5.95. The van der Waals surface area contributed by atoms with Crippen molar-refractivity contribution in [1.29, 1.82) is 0 Å². The number of nitrogens with one attached hydrogen (secondary N) is 1. The Bertz CT molecular complexity index is 1010. The zero-order valence-electron chi connectivity index (χ0n) is 14.3. The Morgan fingerprint density at radius 2 is 1.88 bits per heavy atom. The van der Waals surface area contributed by atoms with Gasteiger partial charge in [0.2, 0.25) is 11.8 Å². The lowest BCUT2D eigenvalue weighted by Gasteiger charge is -2.33. The summed E-state index contributed by atoms with van der Waals surface area (Å²) in [7, 11) is 1.91. The number of imidazole rings is 1. The molecule has 0 bridgehead atoms. The topological polar surface area (TPSA) is 72.7 Å². The quantitative estimate of drug-likeness (QED) is 0.780. The van der Waals surface area contributed by atoms with E-state index in [0.717, 1.165) is 28.0 Å². The highest BCUT2D eigenvalue weighted by Gasteiger charge is 2.48. The fraction of sp³-hybridized carbons (Fsp3) is 0.333. The highest BCUT2D eigenvalue weighted by Crippen LogP contribution is 2.42. The van der Waals surface area contributed by atoms with Gasteiger partial charge < -0.3 is 9.88 Å². The van der Waals surface area contributed by atoms with Gasteiger partial charge in [-0.25, -0.2) is 18.7 Å². The largest absolute Gasteiger partial charge is 0.330 e. The Labute approximate surface area is 148 Å². The van der Waals surface area contributed by atoms with Gasteiger partial charge in [-0.15, -0.1) is 0 Å². The molecule has 4 rings (SSSR count). The molecule has 0 saturated heterocycles. The van der Waals surface area contributed by atoms with Crippen LogP contribution in [-0.4, -0.2) is 31.3 Å². The lowest BCUT2D eigenvalue weighted by molar-refractivity contribution is -0.145. The smallest absolute Gasteiger partial charge is 0.249 e. The number of nitrogens with zero attached hydrogens (tertiary/aromatic N) is 4. The number of aromatic nitrogens is 4. The van der Waals surface area contributed by atoms with E-state index in [2.05, 4.69) is 20.3 Å². The number of hydrogen-bond donors (Lipinski definition) is 1. The number of carbonyl (C=O) groups is 1. The van der Waals surface area contributed by atoms with Crippen molar-refractivity contribution in [3.05, 3.63) is 36.5 Å². The summed E-state index contributed by atoms with van der Waals surface area (Å²) in [5.41, 5.74) is 1.63. The van der Waals surface area contributed by atoms with Crippen LogP contribution in [0, 0.1) is 12.8 Å². The van der Waals surface area contributed by atoms with Crippen LogP contribution in [0.2, 0.25) is 0 Å². The minimum Gasteiger partial charge on any atom is -0.330 e. The number of halogens is 2. The fourth-order valence-electron chi connectivity index (χ4n) is 3.06. The molecule has 0 radical (unpaired) electrons. The number of pyridine rings is 2. The van der Waals surface area contributed by atoms with Gasteiger partial charge in [-0.1, -0.05) is 0 Å². The normalized spacial score (nSPS) is 16.5. The van der Waals surface area contributed by atoms with Gasteiger partial charge in [0, 0.05) is 43.6 Å². The summed E-state index contributed by atoms with van der Waals surface area (Å²) in [6.07, 6.45) is 4.26. The van der Waals surface area contributed by atoms with Crippen molar-refractivity contribution < 1.29 is 13.6 Å². The van der Waals surface area contributed by atoms with Crippen LogP contribution in [0.3, 0.4) is 0 Å². The van der Waals surface area contributed by atoms with E-state index in [0.29, 0.717) is 5.82 Å². The van der Waals surface area contributed by atoms with Crippen LogP contribution in [0.15, 0.2) is 30.7 Å². The molecule has 1 aliphatic carbocycles. The summed E-state index contributed by atoms with van der Waals surface area (Å²) in [6.45, 7) is 1.91. The number of aryl methyl sites for hydroxylation is 1. The number of rotatable bonds is 3. The van der Waals surface area contributed by atoms with Crippen LogP contribution in [0.4, 0.5) is 14.6 Å². The van der Waals surface area contributed by atoms with Crippen molar-refractivity contribution in [2.45, 2.75) is 25.7 Å². The van der Waals surface area contributed by atoms with E-state index >= 15 is 0 Å². The molecule has 1 amide bonds. The molecule has 1 fully saturated rings. The number of fused-ring (bicyclic) bond motifs is 1. The molecule has 0 aromatic carbocycles. The molecule has 3 aromatic heterocycles. The first-order valence-electron chi connectivity index (χ1n) is 8.25. The first-order chi connectivity index (χ1) is 12.3. The molecule has 8 heteroatoms. The minimum atomic E-state index is -2.72. The Morgan fingerprint density at radius 3 is 2.54 bits per heavy atom. The maximum Gasteiger partial charge on any atom is 0.249 e. The van der Waals surface area contributed by atoms with Gasteiger partial charge in [0.1, 0.15) is 11.6 Å². The average Bonchev–Trinajstić information content (AvgIpc) is 2.91. The number of carbonyl (C=O) groups excluding carboxylic acids is 1. The number of hydrogen-bond acceptors (Lipinski definition) is 4. The molecule has 3 heterocycles. The van der Waals surface area contributed by atoms with Crippen LogP contribution in [0.5, 0.6) is 0 Å². The maximum absolute atomic E-state index is 12.9. The minimum absolute atomic E-state index is 0.344. The Balaban J connectivity index is 1.60. The van der Waals surface area contributed by atoms with Crippen LogP contribution in [0.25, 0.3) is 22.2 Å². The monoisotopic (exact) mass is 357 g/mol. The molecule has 134 valence electrons. The van der Waals surface area contributed by atoms with E-state index in [1.54, 1.807) is 24.7 Å². The zero-order chi connectivity index (χ0) is 18.5. The molecule has 26 heavy (non-hydrogen) atoms. The third-order valence-corrected chi connectivity index (χ3v) is 4.80. The molecule has 0 aliphatic heterocycles. The summed E-state index contributed by atoms with van der Waals surface area (Å²) in [6, 6.07) is 3.61. The standard InChI is InChI=1S/C18H17F2N5O/c1-10-21-9-15(25(10)2)14-3-11-4-16(23-8-13(11)7-22-14)24-17(26)12-5-18(19,20)6-12/h3-4,7-9,12H,5-6H2,1-2H3,(H,23,24,26). The first-order valence-corrected chi connectivity index (χ1v) is 8.25. The number of anilines is 1. The van der Waals surface area contributed by atoms with Gasteiger partial charge >= 0.3 is 0 Å². The molecule has 0 spiro atoms. The van der Waals surface area contributed by atoms with E-state index < -0.39 is 30.6 Å². The second-order valence-corrected chi connectivity index (χ2v) is 6.69. The molecule has 3 aromatic rings. The van der Waals surface area contributed by atoms with E-state index in [4.69, 9.17) is 0 Å². The predicted molar refractivity (Wildman–Crippen MR) is 92.8 cm³/mol. The van der Waals surface area contributed by atoms with Crippen molar-refractivity contribution in [2.75, 3.05) is 5.32 Å². The second kappa shape index (κ2) is 5.82. The lowest BCUT2D eigenvalue weighted by Crippen LogP contribution is -2.42. The summed E-state index contributed by atoms with van der Waals surface area (Å²) >= 11 is 0. The predicted octanol–water partition coefficient (Wildman–Crippen LogP) is 3.32. The van der Waals surface area contributed by atoms with Crippen molar-refractivity contribution in [1.82, 2.24) is 19.5 Å². The van der Waals surface area contributed by atoms with Gasteiger partial charge in [0.05, 0.1) is 17.6 Å². The van der Waals surface area contributed by atoms with Crippen LogP contribution in [0.1, 0.15) is 18.7 Å². The van der Waals surface area contributed by atoms with E-state index in [9.17, 15) is 13.6 Å².